The van der Waals surface area contributed by atoms with Gasteiger partial charge in [0.25, 0.3) is 0 Å². The third kappa shape index (κ3) is 4.46. The van der Waals surface area contributed by atoms with Gasteiger partial charge in [0.05, 0.1) is 6.04 Å². The van der Waals surface area contributed by atoms with Crippen LogP contribution in [0.2, 0.25) is 0 Å². The Morgan fingerprint density at radius 2 is 1.59 bits per heavy atom. The molecule has 1 aliphatic rings. The van der Waals surface area contributed by atoms with E-state index < -0.39 is 0 Å². The van der Waals surface area contributed by atoms with Crippen molar-refractivity contribution in [1.29, 1.82) is 0 Å². The number of aromatic nitrogens is 3. The van der Waals surface area contributed by atoms with Crippen LogP contribution in [0.5, 0.6) is 0 Å². The number of aryl methyl sites for hydroxylation is 1. The second-order valence-corrected chi connectivity index (χ2v) is 7.35. The first-order valence-corrected chi connectivity index (χ1v) is 9.98. The van der Waals surface area contributed by atoms with Gasteiger partial charge in [-0.2, -0.15) is 15.0 Å². The summed E-state index contributed by atoms with van der Waals surface area (Å²) in [4.78, 5) is 18.1. The zero-order chi connectivity index (χ0) is 20.2. The summed E-state index contributed by atoms with van der Waals surface area (Å²) >= 11 is 0. The van der Waals surface area contributed by atoms with Crippen molar-refractivity contribution < 1.29 is 0 Å². The van der Waals surface area contributed by atoms with Crippen LogP contribution < -0.4 is 16.0 Å². The molecule has 3 aromatic rings. The monoisotopic (exact) mass is 389 g/mol. The van der Waals surface area contributed by atoms with Crippen molar-refractivity contribution in [2.45, 2.75) is 19.9 Å². The standard InChI is InChI=1S/C22H27N7/c1-16-8-6-7-11-19(16)29-14-12-28(13-15-29)17(2)20-25-21(23)27-22(26-20)24-18-9-4-3-5-10-18/h3-11,17H,12-15H2,1-2H3,(H3,23,24,25,26,27)/t17-/m1/s1. The van der Waals surface area contributed by atoms with Crippen LogP contribution in [0.4, 0.5) is 23.3 Å². The number of nitrogen functional groups attached to an aromatic ring is 1. The first-order valence-electron chi connectivity index (χ1n) is 9.98. The number of para-hydroxylation sites is 2. The van der Waals surface area contributed by atoms with Crippen LogP contribution in [0.1, 0.15) is 24.4 Å². The van der Waals surface area contributed by atoms with E-state index in [1.807, 2.05) is 30.3 Å². The molecule has 0 spiro atoms. The molecule has 0 amide bonds. The molecule has 0 radical (unpaired) electrons. The summed E-state index contributed by atoms with van der Waals surface area (Å²) in [5.74, 6) is 1.41. The lowest BCUT2D eigenvalue weighted by atomic mass is 10.1. The van der Waals surface area contributed by atoms with E-state index in [1.165, 1.54) is 11.3 Å². The smallest absolute Gasteiger partial charge is 0.232 e. The fourth-order valence-corrected chi connectivity index (χ4v) is 3.73. The molecule has 0 aliphatic carbocycles. The van der Waals surface area contributed by atoms with E-state index in [4.69, 9.17) is 5.73 Å². The van der Waals surface area contributed by atoms with Crippen molar-refractivity contribution in [2.24, 2.45) is 0 Å². The Kier molecular flexibility index (Phi) is 5.57. The van der Waals surface area contributed by atoms with Crippen LogP contribution >= 0.6 is 0 Å². The number of hydrogen-bond acceptors (Lipinski definition) is 7. The molecule has 1 aromatic heterocycles. The highest BCUT2D eigenvalue weighted by Crippen LogP contribution is 2.25. The molecule has 4 rings (SSSR count). The zero-order valence-corrected chi connectivity index (χ0v) is 16.9. The molecule has 0 saturated carbocycles. The van der Waals surface area contributed by atoms with Gasteiger partial charge in [0.15, 0.2) is 5.82 Å². The van der Waals surface area contributed by atoms with Crippen LogP contribution in [-0.2, 0) is 0 Å². The summed E-state index contributed by atoms with van der Waals surface area (Å²) in [6.07, 6.45) is 0. The average molecular weight is 390 g/mol. The Morgan fingerprint density at radius 3 is 2.31 bits per heavy atom. The van der Waals surface area contributed by atoms with Crippen molar-refractivity contribution in [2.75, 3.05) is 42.1 Å². The molecule has 3 N–H and O–H groups in total. The van der Waals surface area contributed by atoms with Crippen molar-refractivity contribution in [3.05, 3.63) is 66.0 Å². The summed E-state index contributed by atoms with van der Waals surface area (Å²) in [5.41, 5.74) is 9.52. The maximum absolute atomic E-state index is 5.97. The Morgan fingerprint density at radius 1 is 0.897 bits per heavy atom. The molecular weight excluding hydrogens is 362 g/mol. The topological polar surface area (TPSA) is 83.2 Å². The number of rotatable bonds is 5. The molecule has 1 aliphatic heterocycles. The van der Waals surface area contributed by atoms with E-state index in [-0.39, 0.29) is 12.0 Å². The lowest BCUT2D eigenvalue weighted by Crippen LogP contribution is -2.47. The third-order valence-corrected chi connectivity index (χ3v) is 5.39. The van der Waals surface area contributed by atoms with Gasteiger partial charge in [-0.3, -0.25) is 4.90 Å². The molecule has 7 heteroatoms. The number of nitrogens with zero attached hydrogens (tertiary/aromatic N) is 5. The van der Waals surface area contributed by atoms with Gasteiger partial charge in [-0.05, 0) is 37.6 Å². The maximum Gasteiger partial charge on any atom is 0.232 e. The van der Waals surface area contributed by atoms with Gasteiger partial charge in [0, 0.05) is 37.6 Å². The first kappa shape index (κ1) is 19.1. The molecular formula is C22H27N7. The molecule has 1 fully saturated rings. The number of hydrogen-bond donors (Lipinski definition) is 2. The van der Waals surface area contributed by atoms with Gasteiger partial charge < -0.3 is 16.0 Å². The highest BCUT2D eigenvalue weighted by atomic mass is 15.3. The molecule has 1 atom stereocenters. The summed E-state index contributed by atoms with van der Waals surface area (Å²) in [6.45, 7) is 8.14. The van der Waals surface area contributed by atoms with Crippen molar-refractivity contribution in [1.82, 2.24) is 19.9 Å². The van der Waals surface area contributed by atoms with E-state index in [0.717, 1.165) is 31.9 Å². The largest absolute Gasteiger partial charge is 0.369 e. The first-order chi connectivity index (χ1) is 14.1. The highest BCUT2D eigenvalue weighted by Gasteiger charge is 2.25. The summed E-state index contributed by atoms with van der Waals surface area (Å²) in [5, 5.41) is 3.21. The minimum absolute atomic E-state index is 0.0654. The Hall–Kier alpha value is -3.19. The van der Waals surface area contributed by atoms with Crippen LogP contribution in [0.3, 0.4) is 0 Å². The fraction of sp³-hybridized carbons (Fsp3) is 0.318. The molecule has 1 saturated heterocycles. The SMILES string of the molecule is Cc1ccccc1N1CCN([C@H](C)c2nc(N)nc(Nc3ccccc3)n2)CC1. The molecule has 7 nitrogen and oxygen atoms in total. The van der Waals surface area contributed by atoms with Gasteiger partial charge in [-0.25, -0.2) is 0 Å². The van der Waals surface area contributed by atoms with E-state index in [1.54, 1.807) is 0 Å². The van der Waals surface area contributed by atoms with Gasteiger partial charge in [0.1, 0.15) is 0 Å². The molecule has 150 valence electrons. The highest BCUT2D eigenvalue weighted by molar-refractivity contribution is 5.54. The Bertz CT molecular complexity index is 952. The number of nitrogens with one attached hydrogen (secondary N) is 1. The predicted molar refractivity (Wildman–Crippen MR) is 117 cm³/mol. The average Bonchev–Trinajstić information content (AvgIpc) is 2.74. The van der Waals surface area contributed by atoms with E-state index in [2.05, 4.69) is 68.2 Å². The molecule has 0 unspecified atom stereocenters. The normalized spacial score (nSPS) is 15.9. The predicted octanol–water partition coefficient (Wildman–Crippen LogP) is 3.39. The summed E-state index contributed by atoms with van der Waals surface area (Å²) in [7, 11) is 0. The van der Waals surface area contributed by atoms with Gasteiger partial charge >= 0.3 is 0 Å². The second kappa shape index (κ2) is 8.45. The maximum atomic E-state index is 5.97. The van der Waals surface area contributed by atoms with Crippen LogP contribution in [-0.4, -0.2) is 46.0 Å². The summed E-state index contributed by atoms with van der Waals surface area (Å²) < 4.78 is 0. The van der Waals surface area contributed by atoms with Crippen molar-refractivity contribution in [3.63, 3.8) is 0 Å². The Labute approximate surface area is 171 Å². The number of piperazine rings is 1. The lowest BCUT2D eigenvalue weighted by molar-refractivity contribution is 0.191. The Balaban J connectivity index is 1.45. The minimum Gasteiger partial charge on any atom is -0.369 e. The van der Waals surface area contributed by atoms with E-state index in [9.17, 15) is 0 Å². The van der Waals surface area contributed by atoms with E-state index >= 15 is 0 Å². The van der Waals surface area contributed by atoms with Crippen molar-refractivity contribution >= 4 is 23.3 Å². The van der Waals surface area contributed by atoms with Crippen molar-refractivity contribution in [3.8, 4) is 0 Å². The number of benzene rings is 2. The zero-order valence-electron chi connectivity index (χ0n) is 16.9. The van der Waals surface area contributed by atoms with E-state index in [0.29, 0.717) is 11.8 Å². The fourth-order valence-electron chi connectivity index (χ4n) is 3.73. The number of nitrogens with two attached hydrogens (primary N) is 1. The lowest BCUT2D eigenvalue weighted by Gasteiger charge is -2.39. The van der Waals surface area contributed by atoms with Crippen LogP contribution in [0.15, 0.2) is 54.6 Å². The van der Waals surface area contributed by atoms with Crippen LogP contribution in [0, 0.1) is 6.92 Å². The molecule has 29 heavy (non-hydrogen) atoms. The molecule has 2 heterocycles. The minimum atomic E-state index is 0.0654. The van der Waals surface area contributed by atoms with Crippen LogP contribution in [0.25, 0.3) is 0 Å². The summed E-state index contributed by atoms with van der Waals surface area (Å²) in [6, 6.07) is 18.4. The quantitative estimate of drug-likeness (QED) is 0.692. The molecule has 0 bridgehead atoms. The second-order valence-electron chi connectivity index (χ2n) is 7.35. The van der Waals surface area contributed by atoms with Gasteiger partial charge in [0.2, 0.25) is 11.9 Å². The third-order valence-electron chi connectivity index (χ3n) is 5.39. The number of anilines is 4. The molecule has 2 aromatic carbocycles. The van der Waals surface area contributed by atoms with Gasteiger partial charge in [-0.1, -0.05) is 36.4 Å². The van der Waals surface area contributed by atoms with Gasteiger partial charge in [-0.15, -0.1) is 0 Å².